The first-order valence-electron chi connectivity index (χ1n) is 10.9. The Morgan fingerprint density at radius 2 is 1.79 bits per heavy atom. The molecule has 0 unspecified atom stereocenters. The van der Waals surface area contributed by atoms with Crippen LogP contribution in [0.1, 0.15) is 27.0 Å². The van der Waals surface area contributed by atoms with Crippen molar-refractivity contribution in [3.63, 3.8) is 0 Å². The number of hydrogen-bond acceptors (Lipinski definition) is 5. The minimum absolute atomic E-state index is 0.0235. The molecule has 0 aliphatic heterocycles. The number of aromatic nitrogens is 1. The highest BCUT2D eigenvalue weighted by Crippen LogP contribution is 2.32. The number of fused-ring (bicyclic) bond motifs is 1. The molecule has 3 N–H and O–H groups in total. The Morgan fingerprint density at radius 1 is 1.06 bits per heavy atom. The van der Waals surface area contributed by atoms with Crippen molar-refractivity contribution in [1.82, 2.24) is 15.2 Å². The van der Waals surface area contributed by atoms with Crippen molar-refractivity contribution in [1.29, 1.82) is 5.26 Å². The molecule has 7 heteroatoms. The standard InChI is InChI=1S/C27H25N5O2/c1-32(2)15-14-29-26(33)20-9-11-21(12-10-20)30-25(19-6-4-3-5-7-19)24-22-13-8-18(17-28)16-23(22)31-27(24)34/h3-13,16,31,34H,14-15H2,1-2H3,(H,29,33). The van der Waals surface area contributed by atoms with Crippen LogP contribution in [0.15, 0.2) is 77.8 Å². The van der Waals surface area contributed by atoms with Crippen LogP contribution in [-0.4, -0.2) is 53.8 Å². The zero-order valence-electron chi connectivity index (χ0n) is 19.0. The molecule has 3 aromatic carbocycles. The average molecular weight is 452 g/mol. The molecular weight excluding hydrogens is 426 g/mol. The molecule has 0 radical (unpaired) electrons. The second-order valence-electron chi connectivity index (χ2n) is 8.15. The van der Waals surface area contributed by atoms with E-state index in [1.54, 1.807) is 42.5 Å². The minimum Gasteiger partial charge on any atom is -0.494 e. The number of hydrogen-bond donors (Lipinski definition) is 3. The number of nitrogens with zero attached hydrogens (tertiary/aromatic N) is 3. The first-order chi connectivity index (χ1) is 16.5. The number of benzene rings is 3. The maximum absolute atomic E-state index is 12.4. The largest absolute Gasteiger partial charge is 0.494 e. The van der Waals surface area contributed by atoms with E-state index in [9.17, 15) is 15.2 Å². The Hall–Kier alpha value is -4.41. The highest BCUT2D eigenvalue weighted by molar-refractivity contribution is 6.22. The highest BCUT2D eigenvalue weighted by atomic mass is 16.3. The van der Waals surface area contributed by atoms with Gasteiger partial charge in [-0.15, -0.1) is 0 Å². The molecule has 1 aromatic heterocycles. The number of nitrogens with one attached hydrogen (secondary N) is 2. The van der Waals surface area contributed by atoms with Gasteiger partial charge in [-0.05, 0) is 50.5 Å². The van der Waals surface area contributed by atoms with Crippen molar-refractivity contribution in [3.05, 3.63) is 95.1 Å². The summed E-state index contributed by atoms with van der Waals surface area (Å²) in [7, 11) is 3.91. The highest BCUT2D eigenvalue weighted by Gasteiger charge is 2.19. The summed E-state index contributed by atoms with van der Waals surface area (Å²) in [5.74, 6) is -0.159. The van der Waals surface area contributed by atoms with Crippen LogP contribution in [0.3, 0.4) is 0 Å². The van der Waals surface area contributed by atoms with E-state index in [2.05, 4.69) is 16.4 Å². The van der Waals surface area contributed by atoms with Gasteiger partial charge in [0, 0.05) is 29.6 Å². The van der Waals surface area contributed by atoms with Gasteiger partial charge >= 0.3 is 0 Å². The Bertz CT molecular complexity index is 1380. The molecule has 0 aliphatic rings. The SMILES string of the molecule is CN(C)CCNC(=O)c1ccc(N=C(c2ccccc2)c2c(O)[nH]c3cc(C#N)ccc23)cc1. The van der Waals surface area contributed by atoms with Crippen LogP contribution in [0.5, 0.6) is 5.88 Å². The molecule has 0 spiro atoms. The topological polar surface area (TPSA) is 105 Å². The zero-order chi connectivity index (χ0) is 24.1. The number of amides is 1. The lowest BCUT2D eigenvalue weighted by molar-refractivity contribution is 0.0951. The number of nitriles is 1. The number of aliphatic imine (C=N–C) groups is 1. The third-order valence-electron chi connectivity index (χ3n) is 5.41. The average Bonchev–Trinajstić information content (AvgIpc) is 3.17. The molecular formula is C27H25N5O2. The lowest BCUT2D eigenvalue weighted by Gasteiger charge is -2.11. The van der Waals surface area contributed by atoms with Crippen LogP contribution in [-0.2, 0) is 0 Å². The number of H-pyrrole nitrogens is 1. The molecule has 170 valence electrons. The molecule has 0 saturated heterocycles. The second kappa shape index (κ2) is 10.0. The number of carbonyl (C=O) groups excluding carboxylic acids is 1. The van der Waals surface area contributed by atoms with Gasteiger partial charge in [-0.25, -0.2) is 4.99 Å². The van der Waals surface area contributed by atoms with Crippen LogP contribution < -0.4 is 5.32 Å². The maximum Gasteiger partial charge on any atom is 0.251 e. The lowest BCUT2D eigenvalue weighted by Crippen LogP contribution is -2.31. The van der Waals surface area contributed by atoms with Crippen LogP contribution >= 0.6 is 0 Å². The van der Waals surface area contributed by atoms with E-state index in [1.165, 1.54) is 0 Å². The van der Waals surface area contributed by atoms with Gasteiger partial charge in [-0.1, -0.05) is 36.4 Å². The van der Waals surface area contributed by atoms with Gasteiger partial charge in [0.05, 0.1) is 34.1 Å². The minimum atomic E-state index is -0.136. The van der Waals surface area contributed by atoms with E-state index in [0.29, 0.717) is 40.2 Å². The fraction of sp³-hybridized carbons (Fsp3) is 0.148. The summed E-state index contributed by atoms with van der Waals surface area (Å²) in [4.78, 5) is 22.2. The summed E-state index contributed by atoms with van der Waals surface area (Å²) in [6.07, 6.45) is 0. The molecule has 4 rings (SSSR count). The summed E-state index contributed by atoms with van der Waals surface area (Å²) in [6, 6.07) is 23.9. The number of aromatic amines is 1. The molecule has 1 amide bonds. The number of likely N-dealkylation sites (N-methyl/N-ethyl adjacent to an activating group) is 1. The van der Waals surface area contributed by atoms with Gasteiger partial charge in [-0.2, -0.15) is 5.26 Å². The normalized spacial score (nSPS) is 11.5. The van der Waals surface area contributed by atoms with E-state index >= 15 is 0 Å². The molecule has 7 nitrogen and oxygen atoms in total. The van der Waals surface area contributed by atoms with Gasteiger partial charge in [0.1, 0.15) is 0 Å². The molecule has 0 fully saturated rings. The lowest BCUT2D eigenvalue weighted by atomic mass is 10.00. The van der Waals surface area contributed by atoms with E-state index in [4.69, 9.17) is 4.99 Å². The first-order valence-corrected chi connectivity index (χ1v) is 10.9. The molecule has 4 aromatic rings. The van der Waals surface area contributed by atoms with Gasteiger partial charge in [0.15, 0.2) is 5.88 Å². The van der Waals surface area contributed by atoms with Crippen LogP contribution in [0.25, 0.3) is 10.9 Å². The Kier molecular flexibility index (Phi) is 6.72. The Morgan fingerprint density at radius 3 is 2.47 bits per heavy atom. The second-order valence-corrected chi connectivity index (χ2v) is 8.15. The van der Waals surface area contributed by atoms with Crippen molar-refractivity contribution in [3.8, 4) is 11.9 Å². The molecule has 0 saturated carbocycles. The van der Waals surface area contributed by atoms with Crippen LogP contribution in [0.2, 0.25) is 0 Å². The van der Waals surface area contributed by atoms with Gasteiger partial charge < -0.3 is 20.3 Å². The van der Waals surface area contributed by atoms with E-state index in [0.717, 1.165) is 17.5 Å². The third kappa shape index (κ3) is 4.98. The fourth-order valence-electron chi connectivity index (χ4n) is 3.66. The Labute approximate surface area is 198 Å². The van der Waals surface area contributed by atoms with Crippen molar-refractivity contribution in [2.45, 2.75) is 0 Å². The number of carbonyl (C=O) groups is 1. The quantitative estimate of drug-likeness (QED) is 0.366. The van der Waals surface area contributed by atoms with Crippen molar-refractivity contribution >= 4 is 28.2 Å². The third-order valence-corrected chi connectivity index (χ3v) is 5.41. The van der Waals surface area contributed by atoms with Crippen molar-refractivity contribution < 1.29 is 9.90 Å². The molecule has 0 aliphatic carbocycles. The smallest absolute Gasteiger partial charge is 0.251 e. The van der Waals surface area contributed by atoms with Crippen molar-refractivity contribution in [2.75, 3.05) is 27.2 Å². The fourth-order valence-corrected chi connectivity index (χ4v) is 3.66. The van der Waals surface area contributed by atoms with E-state index in [1.807, 2.05) is 49.3 Å². The molecule has 0 bridgehead atoms. The molecule has 0 atom stereocenters. The summed E-state index contributed by atoms with van der Waals surface area (Å²) >= 11 is 0. The van der Waals surface area contributed by atoms with Crippen LogP contribution in [0, 0.1) is 11.3 Å². The van der Waals surface area contributed by atoms with E-state index < -0.39 is 0 Å². The van der Waals surface area contributed by atoms with Gasteiger partial charge in [-0.3, -0.25) is 4.79 Å². The summed E-state index contributed by atoms with van der Waals surface area (Å²) in [6.45, 7) is 1.33. The monoisotopic (exact) mass is 451 g/mol. The first kappa shape index (κ1) is 22.8. The van der Waals surface area contributed by atoms with Gasteiger partial charge in [0.25, 0.3) is 5.91 Å². The molecule has 1 heterocycles. The maximum atomic E-state index is 12.4. The predicted molar refractivity (Wildman–Crippen MR) is 134 cm³/mol. The van der Waals surface area contributed by atoms with Crippen molar-refractivity contribution in [2.24, 2.45) is 4.99 Å². The predicted octanol–water partition coefficient (Wildman–Crippen LogP) is 4.21. The van der Waals surface area contributed by atoms with E-state index in [-0.39, 0.29) is 11.8 Å². The zero-order valence-corrected chi connectivity index (χ0v) is 19.0. The molecule has 34 heavy (non-hydrogen) atoms. The summed E-state index contributed by atoms with van der Waals surface area (Å²) in [5, 5.41) is 23.6. The number of rotatable bonds is 7. The summed E-state index contributed by atoms with van der Waals surface area (Å²) < 4.78 is 0. The number of aromatic hydroxyl groups is 1. The summed E-state index contributed by atoms with van der Waals surface area (Å²) in [5.41, 5.74) is 4.31. The Balaban J connectivity index is 1.72. The van der Waals surface area contributed by atoms with Gasteiger partial charge in [0.2, 0.25) is 0 Å². The van der Waals surface area contributed by atoms with Crippen LogP contribution in [0.4, 0.5) is 5.69 Å².